The highest BCUT2D eigenvalue weighted by molar-refractivity contribution is 7.10. The van der Waals surface area contributed by atoms with Crippen LogP contribution in [0.1, 0.15) is 12.8 Å². The van der Waals surface area contributed by atoms with Crippen LogP contribution in [0.5, 0.6) is 0 Å². The molecule has 6 heteroatoms. The zero-order valence-electron chi connectivity index (χ0n) is 7.69. The van der Waals surface area contributed by atoms with Gasteiger partial charge < -0.3 is 10.6 Å². The molecular formula is C8H12N4OS. The fourth-order valence-electron chi connectivity index (χ4n) is 1.52. The first kappa shape index (κ1) is 9.54. The lowest BCUT2D eigenvalue weighted by molar-refractivity contribution is -0.120. The number of nitrogens with zero attached hydrogens (tertiary/aromatic N) is 2. The van der Waals surface area contributed by atoms with Crippen LogP contribution in [0.15, 0.2) is 6.20 Å². The summed E-state index contributed by atoms with van der Waals surface area (Å²) < 4.78 is 3.68. The molecule has 2 heterocycles. The van der Waals surface area contributed by atoms with Crippen molar-refractivity contribution in [1.82, 2.24) is 14.9 Å². The molecule has 1 saturated heterocycles. The van der Waals surface area contributed by atoms with Crippen LogP contribution in [-0.2, 0) is 4.79 Å². The van der Waals surface area contributed by atoms with Crippen LogP contribution < -0.4 is 10.6 Å². The van der Waals surface area contributed by atoms with Crippen LogP contribution in [0.25, 0.3) is 0 Å². The Kier molecular flexibility index (Phi) is 3.05. The van der Waals surface area contributed by atoms with Crippen LogP contribution in [0.4, 0.5) is 5.00 Å². The van der Waals surface area contributed by atoms with E-state index in [1.807, 2.05) is 0 Å². The van der Waals surface area contributed by atoms with Gasteiger partial charge in [-0.2, -0.15) is 0 Å². The molecule has 2 N–H and O–H groups in total. The number of rotatable bonds is 2. The van der Waals surface area contributed by atoms with Gasteiger partial charge in [-0.25, -0.2) is 0 Å². The lowest BCUT2D eigenvalue weighted by atomic mass is 9.99. The summed E-state index contributed by atoms with van der Waals surface area (Å²) in [4.78, 5) is 11.7. The van der Waals surface area contributed by atoms with Crippen LogP contribution in [0.2, 0.25) is 0 Å². The molecule has 1 aliphatic heterocycles. The van der Waals surface area contributed by atoms with Crippen molar-refractivity contribution < 1.29 is 4.79 Å². The maximum absolute atomic E-state index is 11.7. The highest BCUT2D eigenvalue weighted by atomic mass is 32.1. The summed E-state index contributed by atoms with van der Waals surface area (Å²) in [5.74, 6) is 0.161. The molecule has 0 aromatic carbocycles. The average molecular weight is 212 g/mol. The molecule has 1 atom stereocenters. The van der Waals surface area contributed by atoms with Crippen molar-refractivity contribution in [3.63, 3.8) is 0 Å². The van der Waals surface area contributed by atoms with Gasteiger partial charge in [-0.3, -0.25) is 4.79 Å². The van der Waals surface area contributed by atoms with Gasteiger partial charge in [-0.1, -0.05) is 4.49 Å². The zero-order chi connectivity index (χ0) is 9.80. The van der Waals surface area contributed by atoms with Crippen LogP contribution in [0, 0.1) is 5.92 Å². The summed E-state index contributed by atoms with van der Waals surface area (Å²) in [6.07, 6.45) is 3.60. The van der Waals surface area contributed by atoms with Crippen molar-refractivity contribution in [1.29, 1.82) is 0 Å². The van der Waals surface area contributed by atoms with E-state index in [0.717, 1.165) is 30.9 Å². The van der Waals surface area contributed by atoms with Crippen molar-refractivity contribution in [3.8, 4) is 0 Å². The van der Waals surface area contributed by atoms with Crippen LogP contribution in [-0.4, -0.2) is 28.6 Å². The summed E-state index contributed by atoms with van der Waals surface area (Å²) in [6, 6.07) is 0. The summed E-state index contributed by atoms with van der Waals surface area (Å²) >= 11 is 1.20. The van der Waals surface area contributed by atoms with E-state index in [1.165, 1.54) is 11.5 Å². The Hall–Kier alpha value is -1.01. The van der Waals surface area contributed by atoms with Gasteiger partial charge in [0, 0.05) is 18.1 Å². The molecule has 5 nitrogen and oxygen atoms in total. The van der Waals surface area contributed by atoms with E-state index in [0.29, 0.717) is 0 Å². The number of amides is 1. The van der Waals surface area contributed by atoms with E-state index in [-0.39, 0.29) is 11.8 Å². The number of carbonyl (C=O) groups excluding carboxylic acids is 1. The first-order valence-electron chi connectivity index (χ1n) is 4.65. The molecule has 76 valence electrons. The predicted octanol–water partition coefficient (Wildman–Crippen LogP) is 0.476. The normalized spacial score (nSPS) is 21.9. The monoisotopic (exact) mass is 212 g/mol. The van der Waals surface area contributed by atoms with Crippen molar-refractivity contribution in [2.75, 3.05) is 18.4 Å². The molecule has 2 rings (SSSR count). The standard InChI is InChI=1S/C8H12N4OS/c13-8(6-2-1-3-9-4-6)11-7-5-10-12-14-7/h5-6,9H,1-4H2,(H,11,13)/t6-/m1/s1. The second-order valence-corrected chi connectivity index (χ2v) is 4.10. The molecule has 0 bridgehead atoms. The molecule has 1 fully saturated rings. The topological polar surface area (TPSA) is 66.9 Å². The van der Waals surface area contributed by atoms with E-state index >= 15 is 0 Å². The Morgan fingerprint density at radius 2 is 2.64 bits per heavy atom. The number of piperidine rings is 1. The Morgan fingerprint density at radius 3 is 3.29 bits per heavy atom. The van der Waals surface area contributed by atoms with Gasteiger partial charge in [0.2, 0.25) is 5.91 Å². The minimum atomic E-state index is 0.0725. The zero-order valence-corrected chi connectivity index (χ0v) is 8.51. The van der Waals surface area contributed by atoms with Gasteiger partial charge in [0.15, 0.2) is 0 Å². The molecular weight excluding hydrogens is 200 g/mol. The number of nitrogens with one attached hydrogen (secondary N) is 2. The second-order valence-electron chi connectivity index (χ2n) is 3.31. The molecule has 1 aliphatic rings. The Balaban J connectivity index is 1.88. The Morgan fingerprint density at radius 1 is 1.71 bits per heavy atom. The smallest absolute Gasteiger partial charge is 0.229 e. The fourth-order valence-corrected chi connectivity index (χ4v) is 1.94. The first-order valence-corrected chi connectivity index (χ1v) is 5.42. The number of hydrogen-bond donors (Lipinski definition) is 2. The molecule has 0 unspecified atom stereocenters. The van der Waals surface area contributed by atoms with Crippen molar-refractivity contribution >= 4 is 22.4 Å². The second kappa shape index (κ2) is 4.47. The fraction of sp³-hybridized carbons (Fsp3) is 0.625. The van der Waals surface area contributed by atoms with Crippen molar-refractivity contribution in [2.45, 2.75) is 12.8 Å². The maximum atomic E-state index is 11.7. The predicted molar refractivity (Wildman–Crippen MR) is 54.1 cm³/mol. The highest BCUT2D eigenvalue weighted by Gasteiger charge is 2.21. The summed E-state index contributed by atoms with van der Waals surface area (Å²) in [6.45, 7) is 1.80. The SMILES string of the molecule is O=C(Nc1cnns1)[C@@H]1CCCNC1. The van der Waals surface area contributed by atoms with Crippen molar-refractivity contribution in [3.05, 3.63) is 6.20 Å². The largest absolute Gasteiger partial charge is 0.316 e. The quantitative estimate of drug-likeness (QED) is 0.748. The lowest BCUT2D eigenvalue weighted by Crippen LogP contribution is -2.37. The van der Waals surface area contributed by atoms with Gasteiger partial charge in [0.25, 0.3) is 0 Å². The van der Waals surface area contributed by atoms with Gasteiger partial charge in [0.05, 0.1) is 12.1 Å². The number of carbonyl (C=O) groups is 1. The molecule has 0 aliphatic carbocycles. The third-order valence-corrected chi connectivity index (χ3v) is 2.86. The number of aromatic nitrogens is 2. The van der Waals surface area contributed by atoms with E-state index in [9.17, 15) is 4.79 Å². The molecule has 0 spiro atoms. The molecule has 0 radical (unpaired) electrons. The van der Waals surface area contributed by atoms with Crippen molar-refractivity contribution in [2.24, 2.45) is 5.92 Å². The summed E-state index contributed by atoms with van der Waals surface area (Å²) in [5, 5.41) is 10.4. The van der Waals surface area contributed by atoms with E-state index in [4.69, 9.17) is 0 Å². The highest BCUT2D eigenvalue weighted by Crippen LogP contribution is 2.15. The number of hydrogen-bond acceptors (Lipinski definition) is 5. The van der Waals surface area contributed by atoms with Gasteiger partial charge >= 0.3 is 0 Å². The average Bonchev–Trinajstić information content (AvgIpc) is 2.72. The molecule has 14 heavy (non-hydrogen) atoms. The Bertz CT molecular complexity index is 294. The summed E-state index contributed by atoms with van der Waals surface area (Å²) in [7, 11) is 0. The number of anilines is 1. The third-order valence-electron chi connectivity index (χ3n) is 2.28. The minimum absolute atomic E-state index is 0.0725. The van der Waals surface area contributed by atoms with Gasteiger partial charge in [-0.15, -0.1) is 5.10 Å². The minimum Gasteiger partial charge on any atom is -0.316 e. The van der Waals surface area contributed by atoms with Crippen LogP contribution >= 0.6 is 11.5 Å². The summed E-state index contributed by atoms with van der Waals surface area (Å²) in [5.41, 5.74) is 0. The van der Waals surface area contributed by atoms with E-state index < -0.39 is 0 Å². The molecule has 1 amide bonds. The molecule has 1 aromatic heterocycles. The lowest BCUT2D eigenvalue weighted by Gasteiger charge is -2.21. The first-order chi connectivity index (χ1) is 6.86. The Labute approximate surface area is 86.1 Å². The van der Waals surface area contributed by atoms with E-state index in [2.05, 4.69) is 20.2 Å². The van der Waals surface area contributed by atoms with Gasteiger partial charge in [-0.05, 0) is 19.4 Å². The third kappa shape index (κ3) is 2.27. The van der Waals surface area contributed by atoms with E-state index in [1.54, 1.807) is 6.20 Å². The van der Waals surface area contributed by atoms with Gasteiger partial charge in [0.1, 0.15) is 5.00 Å². The van der Waals surface area contributed by atoms with Crippen LogP contribution in [0.3, 0.4) is 0 Å². The molecule has 0 saturated carbocycles. The maximum Gasteiger partial charge on any atom is 0.229 e. The molecule has 1 aromatic rings.